The van der Waals surface area contributed by atoms with Crippen LogP contribution in [-0.2, 0) is 12.8 Å². The first-order valence-corrected chi connectivity index (χ1v) is 6.72. The lowest BCUT2D eigenvalue weighted by Gasteiger charge is -2.17. The topological polar surface area (TPSA) is 34.1 Å². The van der Waals surface area contributed by atoms with E-state index in [0.717, 1.165) is 11.6 Å². The Labute approximate surface area is 123 Å². The predicted octanol–water partition coefficient (Wildman–Crippen LogP) is 2.74. The van der Waals surface area contributed by atoms with Crippen LogP contribution < -0.4 is 10.1 Å². The Balaban J connectivity index is 2.05. The molecule has 0 aliphatic rings. The maximum Gasteiger partial charge on any atom is 0.212 e. The van der Waals surface area contributed by atoms with E-state index in [1.54, 1.807) is 19.4 Å². The van der Waals surface area contributed by atoms with Crippen LogP contribution >= 0.6 is 0 Å². The van der Waals surface area contributed by atoms with Crippen LogP contribution in [0, 0.1) is 11.6 Å². The fourth-order valence-electron chi connectivity index (χ4n) is 2.17. The van der Waals surface area contributed by atoms with E-state index in [-0.39, 0.29) is 6.04 Å². The lowest BCUT2D eigenvalue weighted by molar-refractivity contribution is 0.397. The Morgan fingerprint density at radius 3 is 2.57 bits per heavy atom. The first-order valence-electron chi connectivity index (χ1n) is 6.72. The van der Waals surface area contributed by atoms with Gasteiger partial charge in [-0.05, 0) is 37.1 Å². The molecule has 0 bridgehead atoms. The molecule has 0 aliphatic carbocycles. The largest absolute Gasteiger partial charge is 0.481 e. The number of methoxy groups -OCH3 is 1. The van der Waals surface area contributed by atoms with Gasteiger partial charge in [-0.1, -0.05) is 12.1 Å². The SMILES string of the molecule is CNC(Cc1ccc(OC)nc1)Cc1ccc(F)cc1F. The van der Waals surface area contributed by atoms with E-state index in [1.165, 1.54) is 12.1 Å². The molecule has 0 aliphatic heterocycles. The number of nitrogens with zero attached hydrogens (tertiary/aromatic N) is 1. The number of pyridine rings is 1. The van der Waals surface area contributed by atoms with Crippen molar-refractivity contribution < 1.29 is 13.5 Å². The zero-order valence-electron chi connectivity index (χ0n) is 12.1. The average Bonchev–Trinajstić information content (AvgIpc) is 2.49. The third-order valence-electron chi connectivity index (χ3n) is 3.38. The number of ether oxygens (including phenoxy) is 1. The number of aromatic nitrogens is 1. The summed E-state index contributed by atoms with van der Waals surface area (Å²) in [5, 5.41) is 3.15. The van der Waals surface area contributed by atoms with Gasteiger partial charge < -0.3 is 10.1 Å². The van der Waals surface area contributed by atoms with Gasteiger partial charge in [0.2, 0.25) is 5.88 Å². The van der Waals surface area contributed by atoms with Gasteiger partial charge in [-0.25, -0.2) is 13.8 Å². The summed E-state index contributed by atoms with van der Waals surface area (Å²) in [6.07, 6.45) is 2.92. The molecule has 0 saturated carbocycles. The van der Waals surface area contributed by atoms with Crippen molar-refractivity contribution in [3.05, 3.63) is 59.3 Å². The van der Waals surface area contributed by atoms with Crippen LogP contribution in [0.4, 0.5) is 8.78 Å². The number of halogens is 2. The van der Waals surface area contributed by atoms with E-state index in [1.807, 2.05) is 13.1 Å². The van der Waals surface area contributed by atoms with Gasteiger partial charge in [0.15, 0.2) is 0 Å². The normalized spacial score (nSPS) is 12.2. The zero-order valence-corrected chi connectivity index (χ0v) is 12.1. The highest BCUT2D eigenvalue weighted by molar-refractivity contribution is 5.22. The number of hydrogen-bond donors (Lipinski definition) is 1. The first-order chi connectivity index (χ1) is 10.1. The van der Waals surface area contributed by atoms with Crippen LogP contribution in [0.5, 0.6) is 5.88 Å². The summed E-state index contributed by atoms with van der Waals surface area (Å²) in [6.45, 7) is 0. The summed E-state index contributed by atoms with van der Waals surface area (Å²) in [7, 11) is 3.39. The molecular weight excluding hydrogens is 274 g/mol. The maximum absolute atomic E-state index is 13.7. The van der Waals surface area contributed by atoms with Crippen LogP contribution in [0.2, 0.25) is 0 Å². The lowest BCUT2D eigenvalue weighted by Crippen LogP contribution is -2.30. The highest BCUT2D eigenvalue weighted by atomic mass is 19.1. The fraction of sp³-hybridized carbons (Fsp3) is 0.312. The molecule has 2 rings (SSSR count). The van der Waals surface area contributed by atoms with Gasteiger partial charge in [-0.3, -0.25) is 0 Å². The van der Waals surface area contributed by atoms with Gasteiger partial charge in [0.05, 0.1) is 7.11 Å². The molecule has 5 heteroatoms. The van der Waals surface area contributed by atoms with Crippen LogP contribution in [-0.4, -0.2) is 25.2 Å². The summed E-state index contributed by atoms with van der Waals surface area (Å²) in [5.74, 6) is -0.510. The fourth-order valence-corrected chi connectivity index (χ4v) is 2.17. The van der Waals surface area contributed by atoms with Gasteiger partial charge in [0.25, 0.3) is 0 Å². The summed E-state index contributed by atoms with van der Waals surface area (Å²) in [4.78, 5) is 4.15. The second kappa shape index (κ2) is 7.13. The Morgan fingerprint density at radius 2 is 2.00 bits per heavy atom. The molecule has 0 saturated heterocycles. The van der Waals surface area contributed by atoms with Crippen molar-refractivity contribution in [2.75, 3.05) is 14.2 Å². The molecule has 1 atom stereocenters. The minimum Gasteiger partial charge on any atom is -0.481 e. The molecule has 2 aromatic rings. The van der Waals surface area contributed by atoms with Crippen molar-refractivity contribution in [1.82, 2.24) is 10.3 Å². The highest BCUT2D eigenvalue weighted by Gasteiger charge is 2.12. The van der Waals surface area contributed by atoms with E-state index in [4.69, 9.17) is 4.74 Å². The molecular formula is C16H18F2N2O. The number of likely N-dealkylation sites (N-methyl/N-ethyl adjacent to an activating group) is 1. The number of rotatable bonds is 6. The molecule has 3 nitrogen and oxygen atoms in total. The van der Waals surface area contributed by atoms with Crippen molar-refractivity contribution in [2.24, 2.45) is 0 Å². The molecule has 1 N–H and O–H groups in total. The van der Waals surface area contributed by atoms with Gasteiger partial charge in [0.1, 0.15) is 11.6 Å². The number of hydrogen-bond acceptors (Lipinski definition) is 3. The van der Waals surface area contributed by atoms with Crippen LogP contribution in [0.15, 0.2) is 36.5 Å². The van der Waals surface area contributed by atoms with Gasteiger partial charge >= 0.3 is 0 Å². The van der Waals surface area contributed by atoms with E-state index < -0.39 is 11.6 Å². The van der Waals surface area contributed by atoms with Gasteiger partial charge in [0, 0.05) is 24.4 Å². The maximum atomic E-state index is 13.7. The third-order valence-corrected chi connectivity index (χ3v) is 3.38. The Morgan fingerprint density at radius 1 is 1.19 bits per heavy atom. The van der Waals surface area contributed by atoms with Gasteiger partial charge in [-0.2, -0.15) is 0 Å². The van der Waals surface area contributed by atoms with E-state index in [0.29, 0.717) is 24.3 Å². The Kier molecular flexibility index (Phi) is 5.22. The summed E-state index contributed by atoms with van der Waals surface area (Å²) in [5.41, 5.74) is 1.52. The Hall–Kier alpha value is -2.01. The highest BCUT2D eigenvalue weighted by Crippen LogP contribution is 2.15. The van der Waals surface area contributed by atoms with Crippen molar-refractivity contribution in [2.45, 2.75) is 18.9 Å². The quantitative estimate of drug-likeness (QED) is 0.889. The minimum absolute atomic E-state index is 0.0418. The molecule has 1 aromatic heterocycles. The first kappa shape index (κ1) is 15.4. The van der Waals surface area contributed by atoms with Crippen molar-refractivity contribution in [3.8, 4) is 5.88 Å². The predicted molar refractivity (Wildman–Crippen MR) is 77.4 cm³/mol. The molecule has 21 heavy (non-hydrogen) atoms. The lowest BCUT2D eigenvalue weighted by atomic mass is 9.99. The van der Waals surface area contributed by atoms with Crippen LogP contribution in [0.3, 0.4) is 0 Å². The molecule has 0 fully saturated rings. The van der Waals surface area contributed by atoms with E-state index >= 15 is 0 Å². The average molecular weight is 292 g/mol. The van der Waals surface area contributed by atoms with Crippen molar-refractivity contribution >= 4 is 0 Å². The minimum atomic E-state index is -0.559. The van der Waals surface area contributed by atoms with Crippen LogP contribution in [0.25, 0.3) is 0 Å². The second-order valence-electron chi connectivity index (χ2n) is 4.84. The molecule has 1 aromatic carbocycles. The molecule has 0 spiro atoms. The van der Waals surface area contributed by atoms with Crippen molar-refractivity contribution in [3.63, 3.8) is 0 Å². The Bertz CT molecular complexity index is 587. The third kappa shape index (κ3) is 4.23. The zero-order chi connectivity index (χ0) is 15.2. The van der Waals surface area contributed by atoms with Crippen molar-refractivity contribution in [1.29, 1.82) is 0 Å². The molecule has 112 valence electrons. The second-order valence-corrected chi connectivity index (χ2v) is 4.84. The van der Waals surface area contributed by atoms with E-state index in [9.17, 15) is 8.78 Å². The van der Waals surface area contributed by atoms with Gasteiger partial charge in [-0.15, -0.1) is 0 Å². The standard InChI is InChI=1S/C16H18F2N2O/c1-19-14(7-11-3-6-16(21-2)20-10-11)8-12-4-5-13(17)9-15(12)18/h3-6,9-10,14,19H,7-8H2,1-2H3. The summed E-state index contributed by atoms with van der Waals surface area (Å²) < 4.78 is 31.6. The monoisotopic (exact) mass is 292 g/mol. The smallest absolute Gasteiger partial charge is 0.212 e. The van der Waals surface area contributed by atoms with Crippen LogP contribution in [0.1, 0.15) is 11.1 Å². The molecule has 0 amide bonds. The molecule has 1 unspecified atom stereocenters. The molecule has 1 heterocycles. The number of nitrogens with one attached hydrogen (secondary N) is 1. The number of benzene rings is 1. The summed E-state index contributed by atoms with van der Waals surface area (Å²) in [6, 6.07) is 7.44. The molecule has 0 radical (unpaired) electrons. The van der Waals surface area contributed by atoms with E-state index in [2.05, 4.69) is 10.3 Å². The summed E-state index contributed by atoms with van der Waals surface area (Å²) >= 11 is 0.